The number of carbonyl (C=O) groups is 1. The molecule has 1 atom stereocenters. The lowest BCUT2D eigenvalue weighted by Gasteiger charge is -2.15. The highest BCUT2D eigenvalue weighted by Crippen LogP contribution is 2.25. The van der Waals surface area contributed by atoms with Gasteiger partial charge in [-0.15, -0.1) is 0 Å². The number of hydrogen-bond acceptors (Lipinski definition) is 3. The van der Waals surface area contributed by atoms with Crippen LogP contribution in [0.5, 0.6) is 0 Å². The number of hydrogen-bond donors (Lipinski definition) is 1. The van der Waals surface area contributed by atoms with Gasteiger partial charge in [-0.1, -0.05) is 41.0 Å². The van der Waals surface area contributed by atoms with E-state index in [1.54, 1.807) is 18.3 Å². The third-order valence-corrected chi connectivity index (χ3v) is 4.92. The number of halogens is 2. The summed E-state index contributed by atoms with van der Waals surface area (Å²) in [6.45, 7) is 4.79. The second kappa shape index (κ2) is 7.90. The van der Waals surface area contributed by atoms with Crippen LogP contribution in [-0.2, 0) is 11.3 Å². The van der Waals surface area contributed by atoms with E-state index in [0.29, 0.717) is 15.8 Å². The molecular weight excluding hydrogens is 341 g/mol. The van der Waals surface area contributed by atoms with Gasteiger partial charge in [-0.3, -0.25) is 4.79 Å². The van der Waals surface area contributed by atoms with Gasteiger partial charge in [-0.25, -0.2) is 4.98 Å². The van der Waals surface area contributed by atoms with Crippen molar-refractivity contribution in [3.05, 3.63) is 46.2 Å². The van der Waals surface area contributed by atoms with Gasteiger partial charge in [0.1, 0.15) is 0 Å². The zero-order chi connectivity index (χ0) is 16.1. The number of carbonyl (C=O) groups excluding carboxylic acids is 1. The van der Waals surface area contributed by atoms with E-state index in [-0.39, 0.29) is 11.9 Å². The van der Waals surface area contributed by atoms with Gasteiger partial charge < -0.3 is 9.88 Å². The molecule has 0 radical (unpaired) electrons. The minimum absolute atomic E-state index is 0.0470. The van der Waals surface area contributed by atoms with Gasteiger partial charge in [-0.2, -0.15) is 0 Å². The smallest absolute Gasteiger partial charge is 0.230 e. The maximum absolute atomic E-state index is 12.0. The van der Waals surface area contributed by atoms with E-state index < -0.39 is 0 Å². The first kappa shape index (κ1) is 17.2. The van der Waals surface area contributed by atoms with Crippen LogP contribution in [0.4, 0.5) is 0 Å². The molecule has 7 heteroatoms. The van der Waals surface area contributed by atoms with Gasteiger partial charge in [0, 0.05) is 18.9 Å². The standard InChI is InChI=1S/C15H17Cl2N3OS/c1-3-20-7-6-18-15(20)22-9-14(21)19-10(2)11-4-5-12(16)13(17)8-11/h4-8,10H,3,9H2,1-2H3,(H,19,21). The Bertz CT molecular complexity index is 660. The molecule has 1 N–H and O–H groups in total. The Morgan fingerprint density at radius 1 is 1.41 bits per heavy atom. The summed E-state index contributed by atoms with van der Waals surface area (Å²) in [5, 5.41) is 4.78. The van der Waals surface area contributed by atoms with E-state index in [1.165, 1.54) is 11.8 Å². The predicted molar refractivity (Wildman–Crippen MR) is 91.6 cm³/mol. The minimum atomic E-state index is -0.131. The molecule has 1 aromatic heterocycles. The second-order valence-electron chi connectivity index (χ2n) is 4.75. The van der Waals surface area contributed by atoms with Crippen LogP contribution in [0, 0.1) is 0 Å². The van der Waals surface area contributed by atoms with Crippen molar-refractivity contribution < 1.29 is 4.79 Å². The molecule has 2 aromatic rings. The van der Waals surface area contributed by atoms with Crippen LogP contribution in [0.2, 0.25) is 10.0 Å². The van der Waals surface area contributed by atoms with E-state index in [0.717, 1.165) is 17.3 Å². The van der Waals surface area contributed by atoms with Crippen LogP contribution < -0.4 is 5.32 Å². The number of nitrogens with one attached hydrogen (secondary N) is 1. The van der Waals surface area contributed by atoms with Gasteiger partial charge in [0.15, 0.2) is 5.16 Å². The molecule has 0 aliphatic rings. The van der Waals surface area contributed by atoms with Crippen molar-refractivity contribution in [2.24, 2.45) is 0 Å². The number of nitrogens with zero attached hydrogens (tertiary/aromatic N) is 2. The summed E-state index contributed by atoms with van der Waals surface area (Å²) in [4.78, 5) is 16.3. The maximum atomic E-state index is 12.0. The third kappa shape index (κ3) is 4.41. The number of thioether (sulfide) groups is 1. The normalized spacial score (nSPS) is 12.2. The summed E-state index contributed by atoms with van der Waals surface area (Å²) >= 11 is 13.3. The summed E-state index contributed by atoms with van der Waals surface area (Å²) in [6.07, 6.45) is 3.64. The van der Waals surface area contributed by atoms with Gasteiger partial charge in [0.05, 0.1) is 21.8 Å². The summed E-state index contributed by atoms with van der Waals surface area (Å²) in [5.74, 6) is 0.275. The van der Waals surface area contributed by atoms with Gasteiger partial charge in [-0.05, 0) is 31.5 Å². The summed E-state index contributed by atoms with van der Waals surface area (Å²) in [5.41, 5.74) is 0.919. The molecule has 0 bridgehead atoms. The molecule has 2 rings (SSSR count). The SMILES string of the molecule is CCn1ccnc1SCC(=O)NC(C)c1ccc(Cl)c(Cl)c1. The molecule has 1 unspecified atom stereocenters. The number of imidazole rings is 1. The van der Waals surface area contributed by atoms with Gasteiger partial charge in [0.2, 0.25) is 5.91 Å². The topological polar surface area (TPSA) is 46.9 Å². The summed E-state index contributed by atoms with van der Waals surface area (Å²) < 4.78 is 2.00. The van der Waals surface area contributed by atoms with Gasteiger partial charge >= 0.3 is 0 Å². The van der Waals surface area contributed by atoms with Crippen LogP contribution in [0.1, 0.15) is 25.5 Å². The Balaban J connectivity index is 1.89. The first-order chi connectivity index (χ1) is 10.5. The van der Waals surface area contributed by atoms with Crippen molar-refractivity contribution >= 4 is 40.9 Å². The van der Waals surface area contributed by atoms with Crippen LogP contribution in [0.3, 0.4) is 0 Å². The van der Waals surface area contributed by atoms with Crippen molar-refractivity contribution in [3.63, 3.8) is 0 Å². The van der Waals surface area contributed by atoms with Crippen molar-refractivity contribution in [3.8, 4) is 0 Å². The predicted octanol–water partition coefficient (Wildman–Crippen LogP) is 4.18. The quantitative estimate of drug-likeness (QED) is 0.788. The average Bonchev–Trinajstić information content (AvgIpc) is 2.95. The van der Waals surface area contributed by atoms with E-state index >= 15 is 0 Å². The number of aryl methyl sites for hydroxylation is 1. The van der Waals surface area contributed by atoms with Crippen molar-refractivity contribution in [2.75, 3.05) is 5.75 Å². The van der Waals surface area contributed by atoms with E-state index in [9.17, 15) is 4.79 Å². The van der Waals surface area contributed by atoms with Crippen LogP contribution >= 0.6 is 35.0 Å². The number of amides is 1. The maximum Gasteiger partial charge on any atom is 0.230 e. The lowest BCUT2D eigenvalue weighted by molar-refractivity contribution is -0.119. The third-order valence-electron chi connectivity index (χ3n) is 3.17. The Hall–Kier alpha value is -1.17. The summed E-state index contributed by atoms with van der Waals surface area (Å²) in [6, 6.07) is 5.23. The fourth-order valence-corrected chi connectivity index (χ4v) is 3.10. The number of benzene rings is 1. The highest BCUT2D eigenvalue weighted by atomic mass is 35.5. The molecule has 0 spiro atoms. The largest absolute Gasteiger partial charge is 0.349 e. The fourth-order valence-electron chi connectivity index (χ4n) is 1.95. The first-order valence-electron chi connectivity index (χ1n) is 6.89. The Morgan fingerprint density at radius 2 is 2.18 bits per heavy atom. The highest BCUT2D eigenvalue weighted by Gasteiger charge is 2.12. The van der Waals surface area contributed by atoms with E-state index in [1.807, 2.05) is 30.7 Å². The average molecular weight is 358 g/mol. The highest BCUT2D eigenvalue weighted by molar-refractivity contribution is 7.99. The number of rotatable bonds is 6. The van der Waals surface area contributed by atoms with E-state index in [2.05, 4.69) is 10.3 Å². The first-order valence-corrected chi connectivity index (χ1v) is 8.63. The Morgan fingerprint density at radius 3 is 2.86 bits per heavy atom. The van der Waals surface area contributed by atoms with Crippen molar-refractivity contribution in [1.82, 2.24) is 14.9 Å². The van der Waals surface area contributed by atoms with Crippen LogP contribution in [0.15, 0.2) is 35.7 Å². The van der Waals surface area contributed by atoms with Crippen molar-refractivity contribution in [2.45, 2.75) is 31.6 Å². The zero-order valence-electron chi connectivity index (χ0n) is 12.3. The fraction of sp³-hybridized carbons (Fsp3) is 0.333. The van der Waals surface area contributed by atoms with Gasteiger partial charge in [0.25, 0.3) is 0 Å². The molecule has 22 heavy (non-hydrogen) atoms. The number of aromatic nitrogens is 2. The molecule has 0 aliphatic carbocycles. The second-order valence-corrected chi connectivity index (χ2v) is 6.50. The molecular formula is C15H17Cl2N3OS. The molecule has 0 saturated heterocycles. The zero-order valence-corrected chi connectivity index (χ0v) is 14.7. The lowest BCUT2D eigenvalue weighted by Crippen LogP contribution is -2.28. The van der Waals surface area contributed by atoms with Crippen LogP contribution in [-0.4, -0.2) is 21.2 Å². The Kier molecular flexibility index (Phi) is 6.17. The molecule has 1 heterocycles. The molecule has 118 valence electrons. The molecule has 1 amide bonds. The minimum Gasteiger partial charge on any atom is -0.349 e. The van der Waals surface area contributed by atoms with Crippen LogP contribution in [0.25, 0.3) is 0 Å². The molecule has 4 nitrogen and oxygen atoms in total. The molecule has 0 aliphatic heterocycles. The molecule has 0 saturated carbocycles. The Labute approximate surface area is 144 Å². The monoisotopic (exact) mass is 357 g/mol. The summed E-state index contributed by atoms with van der Waals surface area (Å²) in [7, 11) is 0. The van der Waals surface area contributed by atoms with E-state index in [4.69, 9.17) is 23.2 Å². The molecule has 1 aromatic carbocycles. The molecule has 0 fully saturated rings. The lowest BCUT2D eigenvalue weighted by atomic mass is 10.1. The van der Waals surface area contributed by atoms with Crippen molar-refractivity contribution in [1.29, 1.82) is 0 Å².